The summed E-state index contributed by atoms with van der Waals surface area (Å²) in [5.41, 5.74) is 2.67. The highest BCUT2D eigenvalue weighted by Gasteiger charge is 2.20. The van der Waals surface area contributed by atoms with E-state index in [4.69, 9.17) is 0 Å². The Labute approximate surface area is 217 Å². The van der Waals surface area contributed by atoms with Gasteiger partial charge in [-0.2, -0.15) is 0 Å². The van der Waals surface area contributed by atoms with Gasteiger partial charge in [0, 0.05) is 31.9 Å². The monoisotopic (exact) mass is 520 g/mol. The number of thioether (sulfide) groups is 1. The van der Waals surface area contributed by atoms with E-state index in [1.165, 1.54) is 23.4 Å². The molecule has 2 N–H and O–H groups in total. The summed E-state index contributed by atoms with van der Waals surface area (Å²) in [5, 5.41) is 6.13. The summed E-state index contributed by atoms with van der Waals surface area (Å²) in [5.74, 6) is -0.363. The second-order valence-corrected chi connectivity index (χ2v) is 9.55. The molecule has 2 amide bonds. The molecule has 4 rings (SSSR count). The minimum atomic E-state index is -0.471. The van der Waals surface area contributed by atoms with Crippen molar-refractivity contribution in [3.05, 3.63) is 80.5 Å². The molecule has 0 saturated carbocycles. The van der Waals surface area contributed by atoms with E-state index in [0.717, 1.165) is 15.7 Å². The Morgan fingerprint density at radius 2 is 1.70 bits per heavy atom. The minimum absolute atomic E-state index is 0.0247. The van der Waals surface area contributed by atoms with Gasteiger partial charge in [-0.25, -0.2) is 9.78 Å². The van der Waals surface area contributed by atoms with Gasteiger partial charge in [-0.05, 0) is 30.2 Å². The average Bonchev–Trinajstić information content (AvgIpc) is 3.25. The molecule has 0 saturated heterocycles. The number of anilines is 2. The van der Waals surface area contributed by atoms with Crippen molar-refractivity contribution >= 4 is 46.1 Å². The van der Waals surface area contributed by atoms with Crippen LogP contribution in [0.15, 0.2) is 63.3 Å². The van der Waals surface area contributed by atoms with Crippen molar-refractivity contribution in [1.82, 2.24) is 18.7 Å². The first-order valence-corrected chi connectivity index (χ1v) is 12.7. The number of carbonyl (C=O) groups is 2. The molecule has 192 valence electrons. The van der Waals surface area contributed by atoms with Crippen LogP contribution in [0.1, 0.15) is 24.5 Å². The third-order valence-corrected chi connectivity index (χ3v) is 6.92. The molecular formula is C26H28N6O4S. The first-order chi connectivity index (χ1) is 17.7. The number of imidazole rings is 1. The van der Waals surface area contributed by atoms with Crippen molar-refractivity contribution in [1.29, 1.82) is 0 Å². The number of benzene rings is 2. The number of hydrogen-bond donors (Lipinski definition) is 2. The van der Waals surface area contributed by atoms with Crippen molar-refractivity contribution in [2.45, 2.75) is 32.0 Å². The lowest BCUT2D eigenvalue weighted by Crippen LogP contribution is -2.37. The molecule has 0 bridgehead atoms. The second kappa shape index (κ2) is 10.9. The summed E-state index contributed by atoms with van der Waals surface area (Å²) < 4.78 is 4.13. The van der Waals surface area contributed by atoms with Crippen molar-refractivity contribution in [3.8, 4) is 0 Å². The summed E-state index contributed by atoms with van der Waals surface area (Å²) in [7, 11) is 3.00. The van der Waals surface area contributed by atoms with E-state index in [1.807, 2.05) is 43.3 Å². The molecular weight excluding hydrogens is 492 g/mol. The minimum Gasteiger partial charge on any atom is -0.326 e. The zero-order chi connectivity index (χ0) is 26.7. The van der Waals surface area contributed by atoms with Crippen LogP contribution in [0.2, 0.25) is 0 Å². The first kappa shape index (κ1) is 26.0. The molecule has 0 radical (unpaired) electrons. The quantitative estimate of drug-likeness (QED) is 0.345. The van der Waals surface area contributed by atoms with E-state index in [-0.39, 0.29) is 23.2 Å². The Bertz CT molecular complexity index is 1600. The van der Waals surface area contributed by atoms with Gasteiger partial charge in [0.15, 0.2) is 16.3 Å². The van der Waals surface area contributed by atoms with Crippen LogP contribution >= 0.6 is 11.8 Å². The Balaban J connectivity index is 1.61. The van der Waals surface area contributed by atoms with Crippen LogP contribution in [0.5, 0.6) is 0 Å². The molecule has 2 aromatic heterocycles. The van der Waals surface area contributed by atoms with Gasteiger partial charge in [-0.1, -0.05) is 55.1 Å². The molecule has 0 fully saturated rings. The Kier molecular flexibility index (Phi) is 7.63. The fourth-order valence-corrected chi connectivity index (χ4v) is 4.64. The highest BCUT2D eigenvalue weighted by molar-refractivity contribution is 7.99. The summed E-state index contributed by atoms with van der Waals surface area (Å²) >= 11 is 1.18. The second-order valence-electron chi connectivity index (χ2n) is 8.61. The summed E-state index contributed by atoms with van der Waals surface area (Å²) in [6, 6.07) is 14.9. The normalized spacial score (nSPS) is 11.0. The Hall–Kier alpha value is -4.12. The first-order valence-electron chi connectivity index (χ1n) is 11.7. The van der Waals surface area contributed by atoms with Gasteiger partial charge < -0.3 is 15.2 Å². The maximum Gasteiger partial charge on any atom is 0.332 e. The largest absolute Gasteiger partial charge is 0.332 e. The predicted octanol–water partition coefficient (Wildman–Crippen LogP) is 2.87. The number of rotatable bonds is 8. The van der Waals surface area contributed by atoms with Crippen molar-refractivity contribution in [2.24, 2.45) is 14.1 Å². The van der Waals surface area contributed by atoms with Gasteiger partial charge in [0.25, 0.3) is 5.56 Å². The molecule has 2 aromatic carbocycles. The van der Waals surface area contributed by atoms with Gasteiger partial charge in [-0.15, -0.1) is 0 Å². The SMILES string of the molecule is CCC(=O)Nc1cc(NC(=O)CSc2nc3c(c(=O)n(C)c(=O)n3C)n2Cc2ccccc2)ccc1C. The van der Waals surface area contributed by atoms with E-state index < -0.39 is 11.2 Å². The summed E-state index contributed by atoms with van der Waals surface area (Å²) in [6.45, 7) is 4.00. The lowest BCUT2D eigenvalue weighted by atomic mass is 10.1. The van der Waals surface area contributed by atoms with E-state index in [0.29, 0.717) is 35.0 Å². The molecule has 37 heavy (non-hydrogen) atoms. The van der Waals surface area contributed by atoms with Crippen LogP contribution in [0.3, 0.4) is 0 Å². The van der Waals surface area contributed by atoms with Crippen LogP contribution in [-0.4, -0.2) is 36.3 Å². The number of amides is 2. The molecule has 10 nitrogen and oxygen atoms in total. The van der Waals surface area contributed by atoms with Gasteiger partial charge in [-0.3, -0.25) is 23.5 Å². The third-order valence-electron chi connectivity index (χ3n) is 5.95. The molecule has 0 aliphatic carbocycles. The number of carbonyl (C=O) groups excluding carboxylic acids is 2. The lowest BCUT2D eigenvalue weighted by Gasteiger charge is -2.12. The molecule has 0 unspecified atom stereocenters. The Morgan fingerprint density at radius 3 is 2.41 bits per heavy atom. The maximum atomic E-state index is 13.0. The van der Waals surface area contributed by atoms with E-state index in [2.05, 4.69) is 15.6 Å². The molecule has 4 aromatic rings. The fraction of sp³-hybridized carbons (Fsp3) is 0.269. The molecule has 0 spiro atoms. The summed E-state index contributed by atoms with van der Waals surface area (Å²) in [6.07, 6.45) is 0.353. The highest BCUT2D eigenvalue weighted by atomic mass is 32.2. The van der Waals surface area contributed by atoms with Crippen molar-refractivity contribution in [3.63, 3.8) is 0 Å². The van der Waals surface area contributed by atoms with Gasteiger partial charge in [0.05, 0.1) is 12.3 Å². The zero-order valence-corrected chi connectivity index (χ0v) is 21.9. The molecule has 0 atom stereocenters. The number of fused-ring (bicyclic) bond motifs is 1. The zero-order valence-electron chi connectivity index (χ0n) is 21.1. The number of nitrogens with one attached hydrogen (secondary N) is 2. The third kappa shape index (κ3) is 5.51. The van der Waals surface area contributed by atoms with Crippen LogP contribution < -0.4 is 21.9 Å². The topological polar surface area (TPSA) is 120 Å². The fourth-order valence-electron chi connectivity index (χ4n) is 3.85. The standard InChI is InChI=1S/C26H28N6O4S/c1-5-20(33)28-19-13-18(12-11-16(19)2)27-21(34)15-37-25-29-23-22(24(35)31(4)26(36)30(23)3)32(25)14-17-9-7-6-8-10-17/h6-13H,5,14-15H2,1-4H3,(H,27,34)(H,28,33). The average molecular weight is 521 g/mol. The summed E-state index contributed by atoms with van der Waals surface area (Å²) in [4.78, 5) is 54.7. The van der Waals surface area contributed by atoms with Gasteiger partial charge in [0.1, 0.15) is 0 Å². The van der Waals surface area contributed by atoms with Crippen molar-refractivity contribution < 1.29 is 9.59 Å². The number of aromatic nitrogens is 4. The van der Waals surface area contributed by atoms with E-state index >= 15 is 0 Å². The van der Waals surface area contributed by atoms with E-state index in [9.17, 15) is 19.2 Å². The van der Waals surface area contributed by atoms with Crippen LogP contribution in [0.25, 0.3) is 11.2 Å². The number of nitrogens with zero attached hydrogens (tertiary/aromatic N) is 4. The number of aryl methyl sites for hydroxylation is 2. The Morgan fingerprint density at radius 1 is 0.973 bits per heavy atom. The van der Waals surface area contributed by atoms with Crippen LogP contribution in [-0.2, 0) is 30.2 Å². The van der Waals surface area contributed by atoms with Gasteiger partial charge >= 0.3 is 5.69 Å². The predicted molar refractivity (Wildman–Crippen MR) is 145 cm³/mol. The van der Waals surface area contributed by atoms with E-state index in [1.54, 1.807) is 30.7 Å². The van der Waals surface area contributed by atoms with Crippen molar-refractivity contribution in [2.75, 3.05) is 16.4 Å². The maximum absolute atomic E-state index is 13.0. The highest BCUT2D eigenvalue weighted by Crippen LogP contribution is 2.24. The number of hydrogen-bond acceptors (Lipinski definition) is 6. The smallest absolute Gasteiger partial charge is 0.326 e. The molecule has 0 aliphatic rings. The molecule has 2 heterocycles. The molecule has 11 heteroatoms. The van der Waals surface area contributed by atoms with Crippen LogP contribution in [0, 0.1) is 6.92 Å². The van der Waals surface area contributed by atoms with Crippen LogP contribution in [0.4, 0.5) is 11.4 Å². The molecule has 0 aliphatic heterocycles. The van der Waals surface area contributed by atoms with Gasteiger partial charge in [0.2, 0.25) is 11.8 Å². The lowest BCUT2D eigenvalue weighted by molar-refractivity contribution is -0.116.